The Morgan fingerprint density at radius 1 is 0.968 bits per heavy atom. The van der Waals surface area contributed by atoms with E-state index < -0.39 is 21.8 Å². The number of sulfonamides is 1. The quantitative estimate of drug-likeness (QED) is 0.461. The van der Waals surface area contributed by atoms with E-state index in [0.29, 0.717) is 23.7 Å². The molecule has 2 rings (SSSR count). The van der Waals surface area contributed by atoms with Gasteiger partial charge in [0.25, 0.3) is 5.91 Å². The number of hydrogen-bond donors (Lipinski definition) is 4. The second-order valence-electron chi connectivity index (χ2n) is 6.50. The normalized spacial score (nSPS) is 10.7. The highest BCUT2D eigenvalue weighted by Crippen LogP contribution is 2.22. The van der Waals surface area contributed by atoms with Gasteiger partial charge < -0.3 is 20.7 Å². The number of carbonyl (C=O) groups is 3. The Balaban J connectivity index is 2.08. The van der Waals surface area contributed by atoms with Crippen molar-refractivity contribution in [3.63, 3.8) is 0 Å². The average molecular weight is 449 g/mol. The second-order valence-corrected chi connectivity index (χ2v) is 8.25. The summed E-state index contributed by atoms with van der Waals surface area (Å²) in [5, 5.41) is 7.58. The van der Waals surface area contributed by atoms with Crippen LogP contribution < -0.4 is 25.4 Å². The molecule has 0 saturated carbocycles. The molecular formula is C20H24N4O6S. The van der Waals surface area contributed by atoms with Gasteiger partial charge in [-0.1, -0.05) is 0 Å². The van der Waals surface area contributed by atoms with Gasteiger partial charge >= 0.3 is 0 Å². The van der Waals surface area contributed by atoms with Crippen LogP contribution in [0.3, 0.4) is 0 Å². The first-order valence-electron chi connectivity index (χ1n) is 9.27. The van der Waals surface area contributed by atoms with Gasteiger partial charge in [-0.25, -0.2) is 8.42 Å². The minimum absolute atomic E-state index is 0.0148. The number of anilines is 3. The first kappa shape index (κ1) is 23.7. The first-order valence-corrected chi connectivity index (χ1v) is 11.2. The molecule has 0 aromatic heterocycles. The average Bonchev–Trinajstić information content (AvgIpc) is 2.67. The molecular weight excluding hydrogens is 424 g/mol. The zero-order valence-corrected chi connectivity index (χ0v) is 18.1. The monoisotopic (exact) mass is 448 g/mol. The van der Waals surface area contributed by atoms with Gasteiger partial charge in [0.2, 0.25) is 21.8 Å². The van der Waals surface area contributed by atoms with Crippen LogP contribution in [0.4, 0.5) is 17.1 Å². The Bertz CT molecular complexity index is 1070. The Morgan fingerprint density at radius 2 is 1.61 bits per heavy atom. The Kier molecular flexibility index (Phi) is 7.97. The van der Waals surface area contributed by atoms with Crippen molar-refractivity contribution in [1.29, 1.82) is 0 Å². The lowest BCUT2D eigenvalue weighted by Crippen LogP contribution is -2.33. The molecule has 0 atom stereocenters. The number of amides is 3. The largest absolute Gasteiger partial charge is 0.494 e. The molecule has 0 radical (unpaired) electrons. The molecule has 4 N–H and O–H groups in total. The zero-order valence-electron chi connectivity index (χ0n) is 17.3. The van der Waals surface area contributed by atoms with Gasteiger partial charge in [0.15, 0.2) is 0 Å². The summed E-state index contributed by atoms with van der Waals surface area (Å²) in [7, 11) is -3.66. The van der Waals surface area contributed by atoms with E-state index in [2.05, 4.69) is 20.7 Å². The van der Waals surface area contributed by atoms with E-state index >= 15 is 0 Å². The lowest BCUT2D eigenvalue weighted by Gasteiger charge is -2.13. The topological polar surface area (TPSA) is 143 Å². The standard InChI is InChI=1S/C20H24N4O6S/c1-4-30-16-8-5-14(6-9-16)23-19(26)12-21-20(27)17-11-15(22-13(2)25)7-10-18(17)24-31(3,28)29/h5-11,24H,4,12H2,1-3H3,(H,21,27)(H,22,25)(H,23,26). The Labute approximate surface area is 180 Å². The van der Waals surface area contributed by atoms with Crippen molar-refractivity contribution >= 4 is 44.8 Å². The summed E-state index contributed by atoms with van der Waals surface area (Å²) in [6.45, 7) is 3.33. The summed E-state index contributed by atoms with van der Waals surface area (Å²) in [6, 6.07) is 10.8. The third kappa shape index (κ3) is 7.97. The lowest BCUT2D eigenvalue weighted by molar-refractivity contribution is -0.115. The van der Waals surface area contributed by atoms with Crippen LogP contribution in [-0.4, -0.2) is 45.5 Å². The smallest absolute Gasteiger partial charge is 0.253 e. The summed E-state index contributed by atoms with van der Waals surface area (Å²) < 4.78 is 30.7. The molecule has 2 aromatic carbocycles. The van der Waals surface area contributed by atoms with Gasteiger partial charge in [-0.2, -0.15) is 0 Å². The highest BCUT2D eigenvalue weighted by molar-refractivity contribution is 7.92. The van der Waals surface area contributed by atoms with Crippen molar-refractivity contribution in [1.82, 2.24) is 5.32 Å². The fourth-order valence-electron chi connectivity index (χ4n) is 2.56. The minimum atomic E-state index is -3.66. The summed E-state index contributed by atoms with van der Waals surface area (Å²) in [5.41, 5.74) is 0.789. The summed E-state index contributed by atoms with van der Waals surface area (Å²) in [6.07, 6.45) is 0.945. The number of ether oxygens (including phenoxy) is 1. The highest BCUT2D eigenvalue weighted by Gasteiger charge is 2.16. The first-order chi connectivity index (χ1) is 14.6. The maximum Gasteiger partial charge on any atom is 0.253 e. The van der Waals surface area contributed by atoms with E-state index in [0.717, 1.165) is 6.26 Å². The molecule has 10 nitrogen and oxygen atoms in total. The van der Waals surface area contributed by atoms with E-state index in [-0.39, 0.29) is 23.7 Å². The molecule has 0 aliphatic rings. The van der Waals surface area contributed by atoms with Gasteiger partial charge in [-0.3, -0.25) is 19.1 Å². The molecule has 2 aromatic rings. The maximum atomic E-state index is 12.6. The van der Waals surface area contributed by atoms with Crippen LogP contribution in [0.15, 0.2) is 42.5 Å². The third-order valence-corrected chi connectivity index (χ3v) is 4.33. The van der Waals surface area contributed by atoms with Crippen LogP contribution in [0.1, 0.15) is 24.2 Å². The molecule has 0 aliphatic carbocycles. The molecule has 0 heterocycles. The van der Waals surface area contributed by atoms with Crippen LogP contribution in [0.2, 0.25) is 0 Å². The van der Waals surface area contributed by atoms with E-state index in [1.54, 1.807) is 24.3 Å². The molecule has 0 spiro atoms. The van der Waals surface area contributed by atoms with E-state index in [9.17, 15) is 22.8 Å². The SMILES string of the molecule is CCOc1ccc(NC(=O)CNC(=O)c2cc(NC(C)=O)ccc2NS(C)(=O)=O)cc1. The van der Waals surface area contributed by atoms with Crippen molar-refractivity contribution in [2.45, 2.75) is 13.8 Å². The summed E-state index contributed by atoms with van der Waals surface area (Å²) >= 11 is 0. The Morgan fingerprint density at radius 3 is 2.19 bits per heavy atom. The van der Waals surface area contributed by atoms with Gasteiger partial charge in [0.05, 0.1) is 30.7 Å². The molecule has 0 unspecified atom stereocenters. The fraction of sp³-hybridized carbons (Fsp3) is 0.250. The highest BCUT2D eigenvalue weighted by atomic mass is 32.2. The lowest BCUT2D eigenvalue weighted by atomic mass is 10.1. The number of hydrogen-bond acceptors (Lipinski definition) is 6. The number of rotatable bonds is 9. The van der Waals surface area contributed by atoms with Crippen LogP contribution >= 0.6 is 0 Å². The molecule has 0 aliphatic heterocycles. The van der Waals surface area contributed by atoms with Gasteiger partial charge in [0, 0.05) is 18.3 Å². The molecule has 31 heavy (non-hydrogen) atoms. The van der Waals surface area contributed by atoms with Crippen LogP contribution in [0.25, 0.3) is 0 Å². The molecule has 0 fully saturated rings. The molecule has 11 heteroatoms. The van der Waals surface area contributed by atoms with E-state index in [1.807, 2.05) is 6.92 Å². The summed E-state index contributed by atoms with van der Waals surface area (Å²) in [5.74, 6) is -0.864. The van der Waals surface area contributed by atoms with Gasteiger partial charge in [0.1, 0.15) is 5.75 Å². The fourth-order valence-corrected chi connectivity index (χ4v) is 3.14. The van der Waals surface area contributed by atoms with E-state index in [4.69, 9.17) is 4.74 Å². The van der Waals surface area contributed by atoms with Gasteiger partial charge in [-0.15, -0.1) is 0 Å². The van der Waals surface area contributed by atoms with Gasteiger partial charge in [-0.05, 0) is 49.4 Å². The zero-order chi connectivity index (χ0) is 23.0. The van der Waals surface area contributed by atoms with Crippen molar-refractivity contribution in [2.75, 3.05) is 34.8 Å². The number of carbonyl (C=O) groups excluding carboxylic acids is 3. The van der Waals surface area contributed by atoms with Crippen LogP contribution in [-0.2, 0) is 19.6 Å². The number of nitrogens with one attached hydrogen (secondary N) is 4. The van der Waals surface area contributed by atoms with Crippen LogP contribution in [0, 0.1) is 0 Å². The minimum Gasteiger partial charge on any atom is -0.494 e. The van der Waals surface area contributed by atoms with Crippen molar-refractivity contribution < 1.29 is 27.5 Å². The summed E-state index contributed by atoms with van der Waals surface area (Å²) in [4.78, 5) is 36.0. The predicted molar refractivity (Wildman–Crippen MR) is 118 cm³/mol. The third-order valence-electron chi connectivity index (χ3n) is 3.74. The second kappa shape index (κ2) is 10.4. The van der Waals surface area contributed by atoms with E-state index in [1.165, 1.54) is 25.1 Å². The molecule has 0 saturated heterocycles. The molecule has 0 bridgehead atoms. The molecule has 3 amide bonds. The van der Waals surface area contributed by atoms with Crippen molar-refractivity contribution in [3.8, 4) is 5.75 Å². The molecule has 166 valence electrons. The number of benzene rings is 2. The predicted octanol–water partition coefficient (Wildman–Crippen LogP) is 1.78. The van der Waals surface area contributed by atoms with Crippen molar-refractivity contribution in [2.24, 2.45) is 0 Å². The maximum absolute atomic E-state index is 12.6. The van der Waals surface area contributed by atoms with Crippen molar-refractivity contribution in [3.05, 3.63) is 48.0 Å². The van der Waals surface area contributed by atoms with Crippen LogP contribution in [0.5, 0.6) is 5.75 Å². The Hall–Kier alpha value is -3.60.